The standard InChI is InChI=1S/C12H11N3O4/c1-13-9(16)8-10(17)14-12(19)15(11(8)18)7-5-3-2-4-6-7/h2-6,18H,1H3,(H,13,16)(H,14,17,19). The maximum Gasteiger partial charge on any atom is 0.335 e. The molecule has 7 nitrogen and oxygen atoms in total. The van der Waals surface area contributed by atoms with Crippen molar-refractivity contribution in [2.24, 2.45) is 0 Å². The Hall–Kier alpha value is -2.83. The summed E-state index contributed by atoms with van der Waals surface area (Å²) in [5, 5.41) is 12.2. The van der Waals surface area contributed by atoms with Gasteiger partial charge in [-0.1, -0.05) is 18.2 Å². The van der Waals surface area contributed by atoms with Crippen LogP contribution in [0.1, 0.15) is 10.4 Å². The third kappa shape index (κ3) is 2.13. The van der Waals surface area contributed by atoms with Crippen molar-refractivity contribution >= 4 is 5.91 Å². The van der Waals surface area contributed by atoms with Crippen LogP contribution in [0.15, 0.2) is 39.9 Å². The molecule has 0 radical (unpaired) electrons. The Kier molecular flexibility index (Phi) is 3.19. The van der Waals surface area contributed by atoms with Crippen LogP contribution in [0.3, 0.4) is 0 Å². The number of carbonyl (C=O) groups is 1. The predicted octanol–water partition coefficient (Wildman–Crippen LogP) is -0.409. The van der Waals surface area contributed by atoms with Crippen molar-refractivity contribution in [3.63, 3.8) is 0 Å². The SMILES string of the molecule is CNC(=O)c1c(O)n(-c2ccccc2)c(=O)[nH]c1=O. The van der Waals surface area contributed by atoms with E-state index in [0.29, 0.717) is 5.69 Å². The van der Waals surface area contributed by atoms with E-state index in [9.17, 15) is 19.5 Å². The van der Waals surface area contributed by atoms with Gasteiger partial charge in [-0.2, -0.15) is 0 Å². The number of nitrogens with one attached hydrogen (secondary N) is 2. The Morgan fingerprint density at radius 3 is 2.47 bits per heavy atom. The summed E-state index contributed by atoms with van der Waals surface area (Å²) in [5.41, 5.74) is -1.92. The van der Waals surface area contributed by atoms with Gasteiger partial charge < -0.3 is 10.4 Å². The number of rotatable bonds is 2. The molecule has 19 heavy (non-hydrogen) atoms. The summed E-state index contributed by atoms with van der Waals surface area (Å²) >= 11 is 0. The number of aromatic hydroxyl groups is 1. The number of aromatic amines is 1. The molecule has 3 N–H and O–H groups in total. The average molecular weight is 261 g/mol. The van der Waals surface area contributed by atoms with Crippen LogP contribution in [-0.4, -0.2) is 27.6 Å². The molecule has 0 aliphatic heterocycles. The fourth-order valence-electron chi connectivity index (χ4n) is 1.67. The zero-order valence-electron chi connectivity index (χ0n) is 10.0. The molecule has 0 bridgehead atoms. The summed E-state index contributed by atoms with van der Waals surface area (Å²) in [7, 11) is 1.32. The van der Waals surface area contributed by atoms with Gasteiger partial charge in [0, 0.05) is 7.05 Å². The second-order valence-electron chi connectivity index (χ2n) is 3.71. The highest BCUT2D eigenvalue weighted by molar-refractivity contribution is 5.95. The lowest BCUT2D eigenvalue weighted by atomic mass is 10.2. The van der Waals surface area contributed by atoms with Crippen LogP contribution < -0.4 is 16.6 Å². The Bertz CT molecular complexity index is 731. The average Bonchev–Trinajstić information content (AvgIpc) is 2.39. The van der Waals surface area contributed by atoms with Crippen molar-refractivity contribution in [1.29, 1.82) is 0 Å². The predicted molar refractivity (Wildman–Crippen MR) is 67.7 cm³/mol. The molecule has 0 aliphatic carbocycles. The maximum atomic E-state index is 11.7. The first-order chi connectivity index (χ1) is 9.06. The van der Waals surface area contributed by atoms with E-state index < -0.39 is 28.6 Å². The Morgan fingerprint density at radius 1 is 1.26 bits per heavy atom. The number of amides is 1. The number of para-hydroxylation sites is 1. The Balaban J connectivity index is 2.80. The van der Waals surface area contributed by atoms with Crippen molar-refractivity contribution < 1.29 is 9.90 Å². The van der Waals surface area contributed by atoms with E-state index in [4.69, 9.17) is 0 Å². The highest BCUT2D eigenvalue weighted by Gasteiger charge is 2.20. The number of hydrogen-bond acceptors (Lipinski definition) is 4. The lowest BCUT2D eigenvalue weighted by Crippen LogP contribution is -2.35. The van der Waals surface area contributed by atoms with Crippen molar-refractivity contribution in [2.75, 3.05) is 7.05 Å². The Morgan fingerprint density at radius 2 is 1.89 bits per heavy atom. The molecule has 0 spiro atoms. The minimum Gasteiger partial charge on any atom is -0.493 e. The first-order valence-corrected chi connectivity index (χ1v) is 5.42. The van der Waals surface area contributed by atoms with Crippen LogP contribution in [0.5, 0.6) is 5.88 Å². The van der Waals surface area contributed by atoms with Crippen LogP contribution in [0.2, 0.25) is 0 Å². The molecule has 2 aromatic rings. The highest BCUT2D eigenvalue weighted by atomic mass is 16.3. The van der Waals surface area contributed by atoms with Crippen LogP contribution in [0.4, 0.5) is 0 Å². The molecule has 1 aromatic heterocycles. The van der Waals surface area contributed by atoms with Gasteiger partial charge in [-0.25, -0.2) is 9.36 Å². The molecule has 98 valence electrons. The van der Waals surface area contributed by atoms with Crippen molar-refractivity contribution in [3.05, 3.63) is 56.7 Å². The zero-order valence-corrected chi connectivity index (χ0v) is 10.0. The molecule has 0 fully saturated rings. The van der Waals surface area contributed by atoms with Gasteiger partial charge in [0.1, 0.15) is 0 Å². The minimum absolute atomic E-state index is 0.339. The highest BCUT2D eigenvalue weighted by Crippen LogP contribution is 2.15. The monoisotopic (exact) mass is 261 g/mol. The van der Waals surface area contributed by atoms with E-state index in [0.717, 1.165) is 4.57 Å². The van der Waals surface area contributed by atoms with E-state index in [1.807, 2.05) is 4.98 Å². The quantitative estimate of drug-likeness (QED) is 0.683. The number of benzene rings is 1. The topological polar surface area (TPSA) is 104 Å². The minimum atomic E-state index is -0.936. The molecule has 1 aromatic carbocycles. The first-order valence-electron chi connectivity index (χ1n) is 5.42. The molecule has 1 amide bonds. The molecule has 1 heterocycles. The lowest BCUT2D eigenvalue weighted by Gasteiger charge is -2.10. The molecule has 0 atom stereocenters. The van der Waals surface area contributed by atoms with E-state index in [-0.39, 0.29) is 0 Å². The van der Waals surface area contributed by atoms with Crippen LogP contribution >= 0.6 is 0 Å². The lowest BCUT2D eigenvalue weighted by molar-refractivity contribution is 0.0957. The molecule has 0 unspecified atom stereocenters. The normalized spacial score (nSPS) is 10.2. The summed E-state index contributed by atoms with van der Waals surface area (Å²) in [6.45, 7) is 0. The smallest absolute Gasteiger partial charge is 0.335 e. The van der Waals surface area contributed by atoms with Crippen molar-refractivity contribution in [1.82, 2.24) is 14.9 Å². The number of aromatic nitrogens is 2. The summed E-state index contributed by atoms with van der Waals surface area (Å²) in [6, 6.07) is 8.18. The third-order valence-corrected chi connectivity index (χ3v) is 2.55. The van der Waals surface area contributed by atoms with Gasteiger partial charge in [0.15, 0.2) is 5.56 Å². The largest absolute Gasteiger partial charge is 0.493 e. The van der Waals surface area contributed by atoms with Gasteiger partial charge in [0.05, 0.1) is 5.69 Å². The second-order valence-corrected chi connectivity index (χ2v) is 3.71. The number of hydrogen-bond donors (Lipinski definition) is 3. The van der Waals surface area contributed by atoms with Crippen molar-refractivity contribution in [2.45, 2.75) is 0 Å². The van der Waals surface area contributed by atoms with E-state index >= 15 is 0 Å². The Labute approximate surface area is 107 Å². The van der Waals surface area contributed by atoms with E-state index in [1.165, 1.54) is 7.05 Å². The van der Waals surface area contributed by atoms with Gasteiger partial charge in [0.25, 0.3) is 11.5 Å². The van der Waals surface area contributed by atoms with Gasteiger partial charge in [-0.15, -0.1) is 0 Å². The van der Waals surface area contributed by atoms with Crippen molar-refractivity contribution in [3.8, 4) is 11.6 Å². The molecular weight excluding hydrogens is 250 g/mol. The number of nitrogens with zero attached hydrogens (tertiary/aromatic N) is 1. The van der Waals surface area contributed by atoms with Gasteiger partial charge >= 0.3 is 5.69 Å². The molecule has 0 saturated heterocycles. The van der Waals surface area contributed by atoms with E-state index in [2.05, 4.69) is 5.32 Å². The number of carbonyl (C=O) groups excluding carboxylic acids is 1. The molecule has 2 rings (SSSR count). The summed E-state index contributed by atoms with van der Waals surface area (Å²) in [5.74, 6) is -1.47. The summed E-state index contributed by atoms with van der Waals surface area (Å²) in [6.07, 6.45) is 0. The fourth-order valence-corrected chi connectivity index (χ4v) is 1.67. The van der Waals surface area contributed by atoms with Gasteiger partial charge in [-0.05, 0) is 12.1 Å². The zero-order chi connectivity index (χ0) is 14.0. The van der Waals surface area contributed by atoms with Crippen LogP contribution in [0, 0.1) is 0 Å². The van der Waals surface area contributed by atoms with Gasteiger partial charge in [-0.3, -0.25) is 14.6 Å². The first kappa shape index (κ1) is 12.6. The van der Waals surface area contributed by atoms with Crippen LogP contribution in [-0.2, 0) is 0 Å². The number of H-pyrrole nitrogens is 1. The molecule has 0 aliphatic rings. The second kappa shape index (κ2) is 4.81. The molecule has 7 heteroatoms. The van der Waals surface area contributed by atoms with E-state index in [1.54, 1.807) is 30.3 Å². The molecule has 0 saturated carbocycles. The van der Waals surface area contributed by atoms with Gasteiger partial charge in [0.2, 0.25) is 5.88 Å². The summed E-state index contributed by atoms with van der Waals surface area (Å²) < 4.78 is 0.853. The third-order valence-electron chi connectivity index (χ3n) is 2.55. The maximum absolute atomic E-state index is 11.7. The van der Waals surface area contributed by atoms with Crippen LogP contribution in [0.25, 0.3) is 5.69 Å². The summed E-state index contributed by atoms with van der Waals surface area (Å²) in [4.78, 5) is 36.8. The molecular formula is C12H11N3O4. The fraction of sp³-hybridized carbons (Fsp3) is 0.0833.